The van der Waals surface area contributed by atoms with Crippen LogP contribution in [0.2, 0.25) is 0 Å². The van der Waals surface area contributed by atoms with E-state index in [-0.39, 0.29) is 5.56 Å². The van der Waals surface area contributed by atoms with E-state index in [4.69, 9.17) is 5.26 Å². The van der Waals surface area contributed by atoms with Crippen molar-refractivity contribution in [2.45, 2.75) is 64.7 Å². The Hall–Kier alpha value is -3.06. The first-order valence-electron chi connectivity index (χ1n) is 11.3. The van der Waals surface area contributed by atoms with Crippen LogP contribution in [0, 0.1) is 17.1 Å². The highest BCUT2D eigenvalue weighted by Crippen LogP contribution is 2.23. The van der Waals surface area contributed by atoms with E-state index in [1.165, 1.54) is 69.1 Å². The third kappa shape index (κ3) is 6.72. The Kier molecular flexibility index (Phi) is 8.72. The fourth-order valence-electron chi connectivity index (χ4n) is 3.70. The van der Waals surface area contributed by atoms with Crippen LogP contribution in [0.5, 0.6) is 0 Å². The third-order valence-corrected chi connectivity index (χ3v) is 5.61. The average Bonchev–Trinajstić information content (AvgIpc) is 2.81. The van der Waals surface area contributed by atoms with E-state index in [0.29, 0.717) is 11.4 Å². The minimum absolute atomic E-state index is 0.0208. The van der Waals surface area contributed by atoms with Gasteiger partial charge in [0.25, 0.3) is 0 Å². The second-order valence-corrected chi connectivity index (χ2v) is 8.02. The first-order chi connectivity index (χ1) is 15.2. The van der Waals surface area contributed by atoms with Crippen molar-refractivity contribution in [3.05, 3.63) is 71.8 Å². The van der Waals surface area contributed by atoms with Gasteiger partial charge >= 0.3 is 0 Å². The summed E-state index contributed by atoms with van der Waals surface area (Å²) in [7, 11) is 0. The fourth-order valence-corrected chi connectivity index (χ4v) is 3.70. The van der Waals surface area contributed by atoms with Crippen LogP contribution in [0.4, 0.5) is 4.39 Å². The molecule has 0 amide bonds. The quantitative estimate of drug-likeness (QED) is 0.305. The highest BCUT2D eigenvalue weighted by atomic mass is 19.1. The highest BCUT2D eigenvalue weighted by Gasteiger charge is 2.07. The number of nitriles is 1. The molecule has 1 heterocycles. The van der Waals surface area contributed by atoms with Crippen molar-refractivity contribution in [3.63, 3.8) is 0 Å². The molecule has 160 valence electrons. The van der Waals surface area contributed by atoms with Crippen LogP contribution in [0.3, 0.4) is 0 Å². The largest absolute Gasteiger partial charge is 0.236 e. The molecular formula is C27H30FN3. The molecular weight excluding hydrogens is 385 g/mol. The van der Waals surface area contributed by atoms with E-state index in [9.17, 15) is 4.39 Å². The molecule has 0 spiro atoms. The standard InChI is InChI=1S/C27H30FN3/c1-2-3-4-5-6-7-8-9-10-21-11-13-22(14-12-21)25-19-30-27(31-20-25)23-15-16-24(18-29)26(28)17-23/h11-17,19-20H,2-10H2,1H3. The van der Waals surface area contributed by atoms with Gasteiger partial charge in [-0.05, 0) is 42.2 Å². The molecule has 0 aliphatic heterocycles. The van der Waals surface area contributed by atoms with E-state index in [1.807, 2.05) is 6.07 Å². The van der Waals surface area contributed by atoms with Crippen LogP contribution in [0.25, 0.3) is 22.5 Å². The zero-order valence-corrected chi connectivity index (χ0v) is 18.3. The summed E-state index contributed by atoms with van der Waals surface area (Å²) in [6.07, 6.45) is 15.3. The molecule has 0 bridgehead atoms. The highest BCUT2D eigenvalue weighted by molar-refractivity contribution is 5.64. The van der Waals surface area contributed by atoms with Crippen molar-refractivity contribution < 1.29 is 4.39 Å². The summed E-state index contributed by atoms with van der Waals surface area (Å²) in [6.45, 7) is 2.26. The van der Waals surface area contributed by atoms with Gasteiger partial charge < -0.3 is 0 Å². The van der Waals surface area contributed by atoms with E-state index < -0.39 is 5.82 Å². The summed E-state index contributed by atoms with van der Waals surface area (Å²) in [6, 6.07) is 14.8. The number of hydrogen-bond donors (Lipinski definition) is 0. The van der Waals surface area contributed by atoms with Crippen molar-refractivity contribution in [1.82, 2.24) is 9.97 Å². The molecule has 0 atom stereocenters. The lowest BCUT2D eigenvalue weighted by Gasteiger charge is -2.06. The van der Waals surface area contributed by atoms with Crippen LogP contribution < -0.4 is 0 Å². The van der Waals surface area contributed by atoms with Gasteiger partial charge in [-0.25, -0.2) is 14.4 Å². The summed E-state index contributed by atoms with van der Waals surface area (Å²) < 4.78 is 13.8. The summed E-state index contributed by atoms with van der Waals surface area (Å²) in [5.74, 6) is -0.113. The van der Waals surface area contributed by atoms with E-state index in [2.05, 4.69) is 41.2 Å². The van der Waals surface area contributed by atoms with Crippen LogP contribution >= 0.6 is 0 Å². The Balaban J connectivity index is 1.51. The van der Waals surface area contributed by atoms with Gasteiger partial charge in [0.05, 0.1) is 5.56 Å². The van der Waals surface area contributed by atoms with Crippen LogP contribution in [-0.4, -0.2) is 9.97 Å². The summed E-state index contributed by atoms with van der Waals surface area (Å²) in [4.78, 5) is 8.76. The Morgan fingerprint density at radius 2 is 1.39 bits per heavy atom. The first-order valence-corrected chi connectivity index (χ1v) is 11.3. The van der Waals surface area contributed by atoms with Gasteiger partial charge in [0.1, 0.15) is 11.9 Å². The molecule has 0 unspecified atom stereocenters. The van der Waals surface area contributed by atoms with Crippen LogP contribution in [-0.2, 0) is 6.42 Å². The molecule has 3 aromatic rings. The molecule has 0 aliphatic rings. The number of rotatable bonds is 11. The number of benzene rings is 2. The van der Waals surface area contributed by atoms with Gasteiger partial charge in [0, 0.05) is 23.5 Å². The molecule has 3 nitrogen and oxygen atoms in total. The molecule has 4 heteroatoms. The molecule has 0 aliphatic carbocycles. The summed E-state index contributed by atoms with van der Waals surface area (Å²) in [5, 5.41) is 8.85. The maximum absolute atomic E-state index is 13.8. The first kappa shape index (κ1) is 22.6. The Morgan fingerprint density at radius 1 is 0.774 bits per heavy atom. The lowest BCUT2D eigenvalue weighted by atomic mass is 10.0. The SMILES string of the molecule is CCCCCCCCCCc1ccc(-c2cnc(-c3ccc(C#N)c(F)c3)nc2)cc1. The normalized spacial score (nSPS) is 10.7. The zero-order valence-electron chi connectivity index (χ0n) is 18.3. The predicted octanol–water partition coefficient (Wildman–Crippen LogP) is 7.50. The topological polar surface area (TPSA) is 49.6 Å². The van der Waals surface area contributed by atoms with Gasteiger partial charge in [-0.2, -0.15) is 5.26 Å². The molecule has 0 saturated heterocycles. The lowest BCUT2D eigenvalue weighted by Crippen LogP contribution is -1.92. The van der Waals surface area contributed by atoms with E-state index >= 15 is 0 Å². The molecule has 3 rings (SSSR count). The number of nitrogens with zero attached hydrogens (tertiary/aromatic N) is 3. The second-order valence-electron chi connectivity index (χ2n) is 8.02. The van der Waals surface area contributed by atoms with Crippen molar-refractivity contribution in [3.8, 4) is 28.6 Å². The van der Waals surface area contributed by atoms with Gasteiger partial charge in [0.15, 0.2) is 5.82 Å². The van der Waals surface area contributed by atoms with E-state index in [1.54, 1.807) is 18.5 Å². The Bertz CT molecular complexity index is 988. The summed E-state index contributed by atoms with van der Waals surface area (Å²) in [5.41, 5.74) is 3.94. The Morgan fingerprint density at radius 3 is 2.00 bits per heavy atom. The number of hydrogen-bond acceptors (Lipinski definition) is 3. The minimum atomic E-state index is -0.556. The molecule has 1 aromatic heterocycles. The molecule has 0 radical (unpaired) electrons. The molecule has 2 aromatic carbocycles. The molecule has 31 heavy (non-hydrogen) atoms. The van der Waals surface area contributed by atoms with Crippen molar-refractivity contribution >= 4 is 0 Å². The zero-order chi connectivity index (χ0) is 21.9. The minimum Gasteiger partial charge on any atom is -0.236 e. The van der Waals surface area contributed by atoms with Gasteiger partial charge in [-0.3, -0.25) is 0 Å². The third-order valence-electron chi connectivity index (χ3n) is 5.61. The van der Waals surface area contributed by atoms with Crippen molar-refractivity contribution in [1.29, 1.82) is 5.26 Å². The number of aromatic nitrogens is 2. The van der Waals surface area contributed by atoms with Crippen molar-refractivity contribution in [2.75, 3.05) is 0 Å². The molecule has 0 saturated carbocycles. The summed E-state index contributed by atoms with van der Waals surface area (Å²) >= 11 is 0. The second kappa shape index (κ2) is 12.0. The lowest BCUT2D eigenvalue weighted by molar-refractivity contribution is 0.575. The smallest absolute Gasteiger partial charge is 0.159 e. The number of aryl methyl sites for hydroxylation is 1. The maximum atomic E-state index is 13.8. The van der Waals surface area contributed by atoms with Crippen LogP contribution in [0.15, 0.2) is 54.9 Å². The van der Waals surface area contributed by atoms with Gasteiger partial charge in [0.2, 0.25) is 0 Å². The van der Waals surface area contributed by atoms with Crippen LogP contribution in [0.1, 0.15) is 69.4 Å². The van der Waals surface area contributed by atoms with E-state index in [0.717, 1.165) is 17.5 Å². The Labute approximate surface area is 185 Å². The molecule has 0 fully saturated rings. The average molecular weight is 416 g/mol. The van der Waals surface area contributed by atoms with Gasteiger partial charge in [-0.15, -0.1) is 0 Å². The monoisotopic (exact) mass is 415 g/mol. The predicted molar refractivity (Wildman–Crippen MR) is 124 cm³/mol. The maximum Gasteiger partial charge on any atom is 0.159 e. The number of unbranched alkanes of at least 4 members (excludes halogenated alkanes) is 7. The molecule has 0 N–H and O–H groups in total. The number of halogens is 1. The van der Waals surface area contributed by atoms with Crippen molar-refractivity contribution in [2.24, 2.45) is 0 Å². The fraction of sp³-hybridized carbons (Fsp3) is 0.370. The van der Waals surface area contributed by atoms with Gasteiger partial charge in [-0.1, -0.05) is 76.1 Å².